The molecule has 0 amide bonds. The first kappa shape index (κ1) is 13.2. The lowest BCUT2D eigenvalue weighted by molar-refractivity contribution is 0.214. The van der Waals surface area contributed by atoms with Crippen LogP contribution in [0, 0.1) is 0 Å². The molecule has 104 valence electrons. The van der Waals surface area contributed by atoms with Crippen molar-refractivity contribution in [3.05, 3.63) is 28.8 Å². The van der Waals surface area contributed by atoms with E-state index in [4.69, 9.17) is 17.3 Å². The molecule has 0 aromatic heterocycles. The molecule has 2 fully saturated rings. The molecule has 0 spiro atoms. The summed E-state index contributed by atoms with van der Waals surface area (Å²) in [5.41, 5.74) is 7.81. The Balaban J connectivity index is 1.72. The Bertz CT molecular complexity index is 463. The van der Waals surface area contributed by atoms with E-state index >= 15 is 0 Å². The van der Waals surface area contributed by atoms with Gasteiger partial charge < -0.3 is 5.73 Å². The Labute approximate surface area is 120 Å². The predicted octanol–water partition coefficient (Wildman–Crippen LogP) is 2.59. The van der Waals surface area contributed by atoms with E-state index in [1.54, 1.807) is 0 Å². The zero-order chi connectivity index (χ0) is 13.4. The van der Waals surface area contributed by atoms with Crippen LogP contribution >= 0.6 is 11.6 Å². The molecule has 2 heterocycles. The Morgan fingerprint density at radius 2 is 2.05 bits per heavy atom. The number of benzene rings is 1. The fourth-order valence-corrected chi connectivity index (χ4v) is 3.66. The van der Waals surface area contributed by atoms with Crippen molar-refractivity contribution in [3.63, 3.8) is 0 Å². The summed E-state index contributed by atoms with van der Waals surface area (Å²) >= 11 is 6.27. The summed E-state index contributed by atoms with van der Waals surface area (Å²) in [5.74, 6) is 0. The number of nitrogen functional groups attached to an aromatic ring is 1. The largest absolute Gasteiger partial charge is 0.399 e. The minimum absolute atomic E-state index is 0.715. The van der Waals surface area contributed by atoms with Crippen molar-refractivity contribution in [1.82, 2.24) is 9.80 Å². The number of nitrogens with zero attached hydrogens (tertiary/aromatic N) is 2. The first-order chi connectivity index (χ1) is 9.13. The fraction of sp³-hybridized carbons (Fsp3) is 0.600. The summed E-state index contributed by atoms with van der Waals surface area (Å²) in [6.07, 6.45) is 3.98. The maximum atomic E-state index is 6.27. The van der Waals surface area contributed by atoms with Crippen LogP contribution < -0.4 is 5.73 Å². The van der Waals surface area contributed by atoms with Crippen molar-refractivity contribution in [1.29, 1.82) is 0 Å². The molecule has 3 nitrogen and oxygen atoms in total. The zero-order valence-electron chi connectivity index (χ0n) is 11.5. The van der Waals surface area contributed by atoms with Gasteiger partial charge in [-0.1, -0.05) is 11.6 Å². The molecule has 2 bridgehead atoms. The number of likely N-dealkylation sites (tertiary alicyclic amines) is 1. The van der Waals surface area contributed by atoms with E-state index in [0.29, 0.717) is 6.04 Å². The first-order valence-electron chi connectivity index (χ1n) is 7.11. The maximum Gasteiger partial charge on any atom is 0.0452 e. The average Bonchev–Trinajstić information content (AvgIpc) is 2.62. The molecule has 19 heavy (non-hydrogen) atoms. The van der Waals surface area contributed by atoms with E-state index in [0.717, 1.165) is 41.9 Å². The molecule has 0 aliphatic carbocycles. The highest BCUT2D eigenvalue weighted by atomic mass is 35.5. The van der Waals surface area contributed by atoms with Gasteiger partial charge in [0, 0.05) is 42.4 Å². The first-order valence-corrected chi connectivity index (χ1v) is 7.49. The van der Waals surface area contributed by atoms with Gasteiger partial charge in [0.25, 0.3) is 0 Å². The second-order valence-electron chi connectivity index (χ2n) is 5.93. The van der Waals surface area contributed by atoms with Gasteiger partial charge in [0.2, 0.25) is 0 Å². The van der Waals surface area contributed by atoms with Crippen LogP contribution in [0.4, 0.5) is 5.69 Å². The van der Waals surface area contributed by atoms with Gasteiger partial charge in [0.1, 0.15) is 0 Å². The van der Waals surface area contributed by atoms with Gasteiger partial charge >= 0.3 is 0 Å². The van der Waals surface area contributed by atoms with E-state index in [9.17, 15) is 0 Å². The molecule has 3 rings (SSSR count). The van der Waals surface area contributed by atoms with Crippen LogP contribution in [0.3, 0.4) is 0 Å². The van der Waals surface area contributed by atoms with Crippen molar-refractivity contribution in [2.45, 2.75) is 37.9 Å². The number of hydrogen-bond donors (Lipinski definition) is 1. The van der Waals surface area contributed by atoms with Crippen LogP contribution in [-0.4, -0.2) is 42.0 Å². The van der Waals surface area contributed by atoms with Crippen molar-refractivity contribution >= 4 is 17.3 Å². The third-order valence-electron chi connectivity index (χ3n) is 4.70. The Morgan fingerprint density at radius 1 is 1.26 bits per heavy atom. The van der Waals surface area contributed by atoms with Crippen molar-refractivity contribution in [2.24, 2.45) is 0 Å². The van der Waals surface area contributed by atoms with Crippen molar-refractivity contribution < 1.29 is 0 Å². The van der Waals surface area contributed by atoms with E-state index in [-0.39, 0.29) is 0 Å². The molecule has 4 heteroatoms. The molecule has 2 N–H and O–H groups in total. The predicted molar refractivity (Wildman–Crippen MR) is 80.3 cm³/mol. The molecule has 1 aromatic carbocycles. The summed E-state index contributed by atoms with van der Waals surface area (Å²) in [6, 6.07) is 7.28. The number of nitrogens with two attached hydrogens (primary N) is 1. The zero-order valence-corrected chi connectivity index (χ0v) is 12.2. The second kappa shape index (κ2) is 5.31. The minimum Gasteiger partial charge on any atom is -0.399 e. The van der Waals surface area contributed by atoms with Gasteiger partial charge in [-0.3, -0.25) is 9.80 Å². The van der Waals surface area contributed by atoms with Crippen LogP contribution in [0.1, 0.15) is 24.8 Å². The smallest absolute Gasteiger partial charge is 0.0452 e. The Kier molecular flexibility index (Phi) is 3.70. The van der Waals surface area contributed by atoms with Crippen molar-refractivity contribution in [3.8, 4) is 0 Å². The van der Waals surface area contributed by atoms with Crippen LogP contribution in [0.25, 0.3) is 0 Å². The van der Waals surface area contributed by atoms with Crippen LogP contribution in [0.2, 0.25) is 5.02 Å². The van der Waals surface area contributed by atoms with Gasteiger partial charge in [0.05, 0.1) is 0 Å². The van der Waals surface area contributed by atoms with E-state index in [2.05, 4.69) is 16.8 Å². The lowest BCUT2D eigenvalue weighted by Crippen LogP contribution is -2.36. The van der Waals surface area contributed by atoms with Gasteiger partial charge in [-0.2, -0.15) is 0 Å². The molecule has 2 unspecified atom stereocenters. The third-order valence-corrected chi connectivity index (χ3v) is 5.06. The number of hydrogen-bond acceptors (Lipinski definition) is 3. The Hall–Kier alpha value is -0.770. The molecular weight excluding hydrogens is 258 g/mol. The summed E-state index contributed by atoms with van der Waals surface area (Å²) in [4.78, 5) is 5.10. The third kappa shape index (κ3) is 2.73. The van der Waals surface area contributed by atoms with E-state index in [1.165, 1.54) is 19.3 Å². The molecule has 0 radical (unpaired) electrons. The highest BCUT2D eigenvalue weighted by molar-refractivity contribution is 6.31. The van der Waals surface area contributed by atoms with Gasteiger partial charge in [-0.05, 0) is 50.1 Å². The number of fused-ring (bicyclic) bond motifs is 2. The molecule has 0 saturated carbocycles. The van der Waals surface area contributed by atoms with Gasteiger partial charge in [0.15, 0.2) is 0 Å². The number of rotatable bonds is 2. The van der Waals surface area contributed by atoms with E-state index < -0.39 is 0 Å². The van der Waals surface area contributed by atoms with E-state index in [1.807, 2.05) is 18.2 Å². The maximum absolute atomic E-state index is 6.27. The summed E-state index contributed by atoms with van der Waals surface area (Å²) in [5, 5.41) is 0.831. The molecule has 2 aliphatic rings. The van der Waals surface area contributed by atoms with Crippen molar-refractivity contribution in [2.75, 3.05) is 25.9 Å². The topological polar surface area (TPSA) is 32.5 Å². The average molecular weight is 280 g/mol. The molecule has 2 atom stereocenters. The second-order valence-corrected chi connectivity index (χ2v) is 6.33. The SMILES string of the molecule is CN1C2CCC1CN(Cc1cc(N)ccc1Cl)CC2. The lowest BCUT2D eigenvalue weighted by atomic mass is 10.1. The quantitative estimate of drug-likeness (QED) is 0.845. The fourth-order valence-electron chi connectivity index (χ4n) is 3.48. The van der Waals surface area contributed by atoms with Crippen LogP contribution in [0.15, 0.2) is 18.2 Å². The monoisotopic (exact) mass is 279 g/mol. The minimum atomic E-state index is 0.715. The lowest BCUT2D eigenvalue weighted by Gasteiger charge is -2.26. The Morgan fingerprint density at radius 3 is 2.89 bits per heavy atom. The highest BCUT2D eigenvalue weighted by Crippen LogP contribution is 2.30. The van der Waals surface area contributed by atoms with Gasteiger partial charge in [-0.25, -0.2) is 0 Å². The molecule has 2 aliphatic heterocycles. The normalized spacial score (nSPS) is 28.5. The van der Waals surface area contributed by atoms with Gasteiger partial charge in [-0.15, -0.1) is 0 Å². The summed E-state index contributed by atoms with van der Waals surface area (Å²) in [7, 11) is 2.28. The van der Waals surface area contributed by atoms with Crippen LogP contribution in [0.5, 0.6) is 0 Å². The molecule has 2 saturated heterocycles. The molecule has 1 aromatic rings. The number of anilines is 1. The molecular formula is C15H22ClN3. The number of halogens is 1. The summed E-state index contributed by atoms with van der Waals surface area (Å²) in [6.45, 7) is 3.23. The summed E-state index contributed by atoms with van der Waals surface area (Å²) < 4.78 is 0. The standard InChI is InChI=1S/C15H22ClN3/c1-18-13-3-4-14(18)10-19(7-6-13)9-11-8-12(17)2-5-15(11)16/h2,5,8,13-14H,3-4,6-7,9-10,17H2,1H3. The number of likely N-dealkylation sites (N-methyl/N-ethyl adjacent to an activating group) is 1. The van der Waals surface area contributed by atoms with Crippen LogP contribution in [-0.2, 0) is 6.54 Å². The highest BCUT2D eigenvalue weighted by Gasteiger charge is 2.34.